The number of rotatable bonds is 6. The highest BCUT2D eigenvalue weighted by atomic mass is 35.5. The van der Waals surface area contributed by atoms with Crippen LogP contribution in [-0.2, 0) is 4.79 Å². The summed E-state index contributed by atoms with van der Waals surface area (Å²) >= 11 is 6.22. The van der Waals surface area contributed by atoms with E-state index in [4.69, 9.17) is 11.6 Å². The summed E-state index contributed by atoms with van der Waals surface area (Å²) in [4.78, 5) is 11.7. The van der Waals surface area contributed by atoms with Crippen LogP contribution in [0.25, 0.3) is 0 Å². The number of carbonyl (C=O) groups is 1. The molecule has 2 rings (SSSR count). The van der Waals surface area contributed by atoms with Crippen LogP contribution in [0.1, 0.15) is 31.7 Å². The lowest BCUT2D eigenvalue weighted by Crippen LogP contribution is -2.22. The summed E-state index contributed by atoms with van der Waals surface area (Å²) in [7, 11) is 0. The number of hydrogen-bond donors (Lipinski definition) is 1. The highest BCUT2D eigenvalue weighted by Crippen LogP contribution is 2.50. The van der Waals surface area contributed by atoms with E-state index in [-0.39, 0.29) is 5.91 Å². The monoisotopic (exact) mass is 315 g/mol. The summed E-state index contributed by atoms with van der Waals surface area (Å²) in [5.74, 6) is 0.945. The van der Waals surface area contributed by atoms with Crippen molar-refractivity contribution in [2.24, 2.45) is 5.92 Å². The van der Waals surface area contributed by atoms with Gasteiger partial charge in [0.05, 0.1) is 0 Å². The van der Waals surface area contributed by atoms with Crippen molar-refractivity contribution in [3.63, 3.8) is 0 Å². The Kier molecular flexibility index (Phi) is 5.62. The number of carbonyl (C=O) groups excluding carboxylic acids is 1. The smallest absolute Gasteiger partial charge is 0.244 e. The van der Waals surface area contributed by atoms with E-state index in [0.717, 1.165) is 22.6 Å². The molecule has 0 radical (unpaired) electrons. The zero-order chi connectivity index (χ0) is 16.1. The minimum Gasteiger partial charge on any atom is -0.349 e. The quantitative estimate of drug-likeness (QED) is 0.462. The average Bonchev–Trinajstić information content (AvgIpc) is 3.23. The first-order valence-corrected chi connectivity index (χ1v) is 7.88. The minimum absolute atomic E-state index is 0.0800. The Morgan fingerprint density at radius 1 is 1.41 bits per heavy atom. The Morgan fingerprint density at radius 2 is 2.14 bits per heavy atom. The maximum atomic E-state index is 11.7. The SMILES string of the molecule is C=C(C)CNC(=O)C=C(C)C=C[C@@H]1C[C@H]1c1ccccc1Cl. The summed E-state index contributed by atoms with van der Waals surface area (Å²) in [6, 6.07) is 8.01. The Bertz CT molecular complexity index is 630. The van der Waals surface area contributed by atoms with Crippen LogP contribution in [0.2, 0.25) is 5.02 Å². The van der Waals surface area contributed by atoms with E-state index in [0.29, 0.717) is 18.4 Å². The fraction of sp³-hybridized carbons (Fsp3) is 0.316. The van der Waals surface area contributed by atoms with Gasteiger partial charge in [0.25, 0.3) is 0 Å². The molecular formula is C19H22ClNO. The predicted molar refractivity (Wildman–Crippen MR) is 93.0 cm³/mol. The van der Waals surface area contributed by atoms with Crippen molar-refractivity contribution in [3.8, 4) is 0 Å². The number of halogens is 1. The summed E-state index contributed by atoms with van der Waals surface area (Å²) in [6.07, 6.45) is 6.93. The van der Waals surface area contributed by atoms with E-state index >= 15 is 0 Å². The molecule has 1 aromatic carbocycles. The van der Waals surface area contributed by atoms with Crippen LogP contribution >= 0.6 is 11.6 Å². The largest absolute Gasteiger partial charge is 0.349 e. The molecule has 1 N–H and O–H groups in total. The van der Waals surface area contributed by atoms with Crippen LogP contribution in [0.15, 0.2) is 60.2 Å². The van der Waals surface area contributed by atoms with Crippen LogP contribution in [0.5, 0.6) is 0 Å². The van der Waals surface area contributed by atoms with Crippen LogP contribution in [0.4, 0.5) is 0 Å². The molecule has 0 bridgehead atoms. The average molecular weight is 316 g/mol. The normalized spacial score (nSPS) is 21.0. The Hall–Kier alpha value is -1.80. The lowest BCUT2D eigenvalue weighted by Gasteiger charge is -2.01. The summed E-state index contributed by atoms with van der Waals surface area (Å²) in [6.45, 7) is 8.10. The second kappa shape index (κ2) is 7.46. The zero-order valence-corrected chi connectivity index (χ0v) is 13.9. The molecule has 0 unspecified atom stereocenters. The fourth-order valence-electron chi connectivity index (χ4n) is 2.38. The molecule has 1 aliphatic carbocycles. The van der Waals surface area contributed by atoms with Crippen molar-refractivity contribution in [2.75, 3.05) is 6.54 Å². The van der Waals surface area contributed by atoms with Crippen molar-refractivity contribution in [2.45, 2.75) is 26.2 Å². The molecule has 0 aliphatic heterocycles. The molecule has 2 atom stereocenters. The Labute approximate surface area is 137 Å². The third-order valence-electron chi connectivity index (χ3n) is 3.67. The van der Waals surface area contributed by atoms with E-state index in [9.17, 15) is 4.79 Å². The molecule has 22 heavy (non-hydrogen) atoms. The van der Waals surface area contributed by atoms with Gasteiger partial charge in [-0.3, -0.25) is 4.79 Å². The van der Waals surface area contributed by atoms with Gasteiger partial charge in [0.2, 0.25) is 5.91 Å². The second-order valence-corrected chi connectivity index (χ2v) is 6.36. The maximum Gasteiger partial charge on any atom is 0.244 e. The van der Waals surface area contributed by atoms with E-state index in [1.807, 2.05) is 38.1 Å². The number of allylic oxidation sites excluding steroid dienone is 3. The summed E-state index contributed by atoms with van der Waals surface area (Å²) < 4.78 is 0. The second-order valence-electron chi connectivity index (χ2n) is 5.95. The fourth-order valence-corrected chi connectivity index (χ4v) is 2.66. The van der Waals surface area contributed by atoms with Crippen LogP contribution in [-0.4, -0.2) is 12.5 Å². The summed E-state index contributed by atoms with van der Waals surface area (Å²) in [5.41, 5.74) is 3.11. The van der Waals surface area contributed by atoms with Gasteiger partial charge in [-0.05, 0) is 49.3 Å². The lowest BCUT2D eigenvalue weighted by atomic mass is 10.1. The zero-order valence-electron chi connectivity index (χ0n) is 13.1. The number of nitrogens with one attached hydrogen (secondary N) is 1. The Morgan fingerprint density at radius 3 is 2.82 bits per heavy atom. The van der Waals surface area contributed by atoms with Gasteiger partial charge in [0.1, 0.15) is 0 Å². The maximum absolute atomic E-state index is 11.7. The standard InChI is InChI=1S/C19H22ClNO/c1-13(2)12-21-19(22)10-14(3)8-9-15-11-17(15)16-6-4-5-7-18(16)20/h4-10,15,17H,1,11-12H2,2-3H3,(H,21,22)/t15-,17-/m1/s1. The first-order valence-electron chi connectivity index (χ1n) is 7.50. The van der Waals surface area contributed by atoms with Gasteiger partial charge in [-0.25, -0.2) is 0 Å². The molecule has 1 aliphatic rings. The van der Waals surface area contributed by atoms with Crippen molar-refractivity contribution in [1.82, 2.24) is 5.32 Å². The van der Waals surface area contributed by atoms with Crippen LogP contribution in [0.3, 0.4) is 0 Å². The van der Waals surface area contributed by atoms with Gasteiger partial charge in [-0.1, -0.05) is 54.1 Å². The number of benzene rings is 1. The molecule has 0 spiro atoms. The molecule has 3 heteroatoms. The van der Waals surface area contributed by atoms with Gasteiger partial charge in [-0.2, -0.15) is 0 Å². The lowest BCUT2D eigenvalue weighted by molar-refractivity contribution is -0.116. The van der Waals surface area contributed by atoms with E-state index < -0.39 is 0 Å². The highest BCUT2D eigenvalue weighted by Gasteiger charge is 2.37. The third kappa shape index (κ3) is 4.88. The molecule has 0 saturated heterocycles. The van der Waals surface area contributed by atoms with Gasteiger partial charge in [0, 0.05) is 17.6 Å². The minimum atomic E-state index is -0.0800. The first kappa shape index (κ1) is 16.6. The predicted octanol–water partition coefficient (Wildman–Crippen LogP) is 4.64. The molecule has 1 amide bonds. The van der Waals surface area contributed by atoms with E-state index in [1.54, 1.807) is 6.08 Å². The van der Waals surface area contributed by atoms with Crippen LogP contribution < -0.4 is 5.32 Å². The molecule has 1 fully saturated rings. The molecule has 0 heterocycles. The molecular weight excluding hydrogens is 294 g/mol. The van der Waals surface area contributed by atoms with Gasteiger partial charge in [-0.15, -0.1) is 0 Å². The van der Waals surface area contributed by atoms with Gasteiger partial charge in [0.15, 0.2) is 0 Å². The van der Waals surface area contributed by atoms with E-state index in [1.165, 1.54) is 5.56 Å². The van der Waals surface area contributed by atoms with Gasteiger partial charge < -0.3 is 5.32 Å². The molecule has 1 aromatic rings. The number of hydrogen-bond acceptors (Lipinski definition) is 1. The number of amides is 1. The van der Waals surface area contributed by atoms with Gasteiger partial charge >= 0.3 is 0 Å². The highest BCUT2D eigenvalue weighted by molar-refractivity contribution is 6.31. The van der Waals surface area contributed by atoms with Crippen molar-refractivity contribution >= 4 is 17.5 Å². The topological polar surface area (TPSA) is 29.1 Å². The van der Waals surface area contributed by atoms with E-state index in [2.05, 4.69) is 24.0 Å². The van der Waals surface area contributed by atoms with Crippen molar-refractivity contribution < 1.29 is 4.79 Å². The molecule has 116 valence electrons. The van der Waals surface area contributed by atoms with Crippen LogP contribution in [0, 0.1) is 5.92 Å². The van der Waals surface area contributed by atoms with Crippen molar-refractivity contribution in [1.29, 1.82) is 0 Å². The molecule has 2 nitrogen and oxygen atoms in total. The molecule has 0 aromatic heterocycles. The third-order valence-corrected chi connectivity index (χ3v) is 4.02. The first-order chi connectivity index (χ1) is 10.5. The van der Waals surface area contributed by atoms with Crippen molar-refractivity contribution in [3.05, 3.63) is 70.8 Å². The Balaban J connectivity index is 1.87. The molecule has 1 saturated carbocycles. The summed E-state index contributed by atoms with van der Waals surface area (Å²) in [5, 5.41) is 3.63.